The molecule has 0 fully saturated rings. The maximum atomic E-state index is 12.7. The summed E-state index contributed by atoms with van der Waals surface area (Å²) in [6, 6.07) is 5.86. The molecule has 1 heterocycles. The second-order valence-corrected chi connectivity index (χ2v) is 4.64. The minimum absolute atomic E-state index is 0.0386. The third kappa shape index (κ3) is 4.96. The average Bonchev–Trinajstić information content (AvgIpc) is 2.97. The number of hydrazine groups is 1. The summed E-state index contributed by atoms with van der Waals surface area (Å²) in [5.41, 5.74) is 2.77. The monoisotopic (exact) mass is 325 g/mol. The molecule has 5 N–H and O–H groups in total. The molecule has 0 unspecified atom stereocenters. The lowest BCUT2D eigenvalue weighted by Gasteiger charge is -1.96. The molecule has 2 rings (SSSR count). The van der Waals surface area contributed by atoms with Gasteiger partial charge in [-0.25, -0.2) is 24.8 Å². The highest BCUT2D eigenvalue weighted by Crippen LogP contribution is 2.25. The predicted molar refractivity (Wildman–Crippen MR) is 79.5 cm³/mol. The van der Waals surface area contributed by atoms with Gasteiger partial charge in [0.15, 0.2) is 0 Å². The van der Waals surface area contributed by atoms with Crippen LogP contribution in [-0.4, -0.2) is 27.3 Å². The van der Waals surface area contributed by atoms with Crippen molar-refractivity contribution in [1.29, 1.82) is 0 Å². The van der Waals surface area contributed by atoms with E-state index in [0.717, 1.165) is 5.56 Å². The van der Waals surface area contributed by atoms with E-state index >= 15 is 0 Å². The summed E-state index contributed by atoms with van der Waals surface area (Å²) >= 11 is 1.20. The van der Waals surface area contributed by atoms with Crippen molar-refractivity contribution < 1.29 is 24.2 Å². The fourth-order valence-corrected chi connectivity index (χ4v) is 2.05. The predicted octanol–water partition coefficient (Wildman–Crippen LogP) is 2.17. The lowest BCUT2D eigenvalue weighted by Crippen LogP contribution is -2.27. The third-order valence-electron chi connectivity index (χ3n) is 2.28. The molecule has 0 saturated heterocycles. The van der Waals surface area contributed by atoms with Crippen molar-refractivity contribution in [3.63, 3.8) is 0 Å². The largest absolute Gasteiger partial charge is 0.478 e. The van der Waals surface area contributed by atoms with Crippen LogP contribution in [-0.2, 0) is 4.79 Å². The zero-order valence-electron chi connectivity index (χ0n) is 11.1. The quantitative estimate of drug-likeness (QED) is 0.296. The molecule has 0 aliphatic rings. The van der Waals surface area contributed by atoms with Gasteiger partial charge in [0.2, 0.25) is 0 Å². The van der Waals surface area contributed by atoms with Crippen LogP contribution < -0.4 is 11.3 Å². The van der Waals surface area contributed by atoms with Crippen molar-refractivity contribution in [1.82, 2.24) is 10.4 Å². The van der Waals surface area contributed by atoms with Crippen LogP contribution >= 0.6 is 11.3 Å². The third-order valence-corrected chi connectivity index (χ3v) is 3.19. The summed E-state index contributed by atoms with van der Waals surface area (Å²) in [6.07, 6.45) is -1.22. The van der Waals surface area contributed by atoms with Gasteiger partial charge in [-0.1, -0.05) is 6.58 Å². The van der Waals surface area contributed by atoms with Gasteiger partial charge >= 0.3 is 12.1 Å². The van der Waals surface area contributed by atoms with E-state index in [2.05, 4.69) is 17.4 Å². The number of hydrogen-bond donors (Lipinski definition) is 4. The van der Waals surface area contributed by atoms with Crippen LogP contribution in [0.4, 0.5) is 9.18 Å². The van der Waals surface area contributed by atoms with Crippen LogP contribution in [0.1, 0.15) is 5.01 Å². The van der Waals surface area contributed by atoms with Crippen LogP contribution in [0.25, 0.3) is 16.8 Å². The first-order valence-electron chi connectivity index (χ1n) is 5.68. The van der Waals surface area contributed by atoms with Gasteiger partial charge in [-0.2, -0.15) is 0 Å². The smallest absolute Gasteiger partial charge is 0.418 e. The van der Waals surface area contributed by atoms with Gasteiger partial charge in [0.25, 0.3) is 0 Å². The number of amides is 1. The number of carboxylic acids is 1. The van der Waals surface area contributed by atoms with Crippen molar-refractivity contribution in [2.45, 2.75) is 0 Å². The van der Waals surface area contributed by atoms with E-state index in [1.165, 1.54) is 28.9 Å². The number of carbonyl (C=O) groups is 2. The molecule has 0 atom stereocenters. The molecule has 0 aliphatic carbocycles. The number of nitrogens with one attached hydrogen (secondary N) is 1. The molecular formula is C13H12FN3O4S. The Hall–Kier alpha value is -2.78. The van der Waals surface area contributed by atoms with Crippen LogP contribution in [0.3, 0.4) is 0 Å². The van der Waals surface area contributed by atoms with Crippen molar-refractivity contribution in [3.05, 3.63) is 47.0 Å². The Morgan fingerprint density at radius 3 is 2.27 bits per heavy atom. The summed E-state index contributed by atoms with van der Waals surface area (Å²) in [4.78, 5) is 24.0. The maximum Gasteiger partial charge on any atom is 0.418 e. The standard InChI is InChI=1S/C12H8FNO2S.CH4N2O2/c1-7(12(15)16)11-14-10(6-17-11)8-2-4-9(13)5-3-8;2-3-1(4)5/h2-6H,1H2,(H,15,16);3H,2H2,(H,4,5). The molecule has 7 nitrogen and oxygen atoms in total. The zero-order valence-corrected chi connectivity index (χ0v) is 11.9. The fourth-order valence-electron chi connectivity index (χ4n) is 1.26. The lowest BCUT2D eigenvalue weighted by molar-refractivity contribution is -0.130. The Labute approximate surface area is 128 Å². The highest BCUT2D eigenvalue weighted by molar-refractivity contribution is 7.11. The van der Waals surface area contributed by atoms with Gasteiger partial charge in [0.05, 0.1) is 11.3 Å². The number of nitrogens with zero attached hydrogens (tertiary/aromatic N) is 1. The molecule has 0 radical (unpaired) electrons. The summed E-state index contributed by atoms with van der Waals surface area (Å²) < 4.78 is 12.7. The Morgan fingerprint density at radius 1 is 1.27 bits per heavy atom. The maximum absolute atomic E-state index is 12.7. The molecule has 1 aromatic carbocycles. The molecule has 9 heteroatoms. The van der Waals surface area contributed by atoms with Crippen LogP contribution in [0.2, 0.25) is 0 Å². The number of benzene rings is 1. The molecule has 0 spiro atoms. The van der Waals surface area contributed by atoms with Gasteiger partial charge < -0.3 is 10.2 Å². The van der Waals surface area contributed by atoms with E-state index in [1.807, 2.05) is 0 Å². The Bertz CT molecular complexity index is 685. The lowest BCUT2D eigenvalue weighted by atomic mass is 10.2. The van der Waals surface area contributed by atoms with Gasteiger partial charge in [-0.3, -0.25) is 5.43 Å². The van der Waals surface area contributed by atoms with Crippen LogP contribution in [0, 0.1) is 5.82 Å². The van der Waals surface area contributed by atoms with E-state index in [0.29, 0.717) is 10.7 Å². The summed E-state index contributed by atoms with van der Waals surface area (Å²) in [5, 5.41) is 18.3. The second kappa shape index (κ2) is 7.86. The normalized spacial score (nSPS) is 9.36. The van der Waals surface area contributed by atoms with Crippen molar-refractivity contribution >= 4 is 29.0 Å². The van der Waals surface area contributed by atoms with Crippen molar-refractivity contribution in [3.8, 4) is 11.3 Å². The Morgan fingerprint density at radius 2 is 1.82 bits per heavy atom. The number of carboxylic acid groups (broad SMARTS) is 2. The molecule has 0 aliphatic heterocycles. The minimum atomic E-state index is -1.22. The van der Waals surface area contributed by atoms with Gasteiger partial charge in [0, 0.05) is 10.9 Å². The molecule has 0 saturated carbocycles. The number of halogens is 1. The summed E-state index contributed by atoms with van der Waals surface area (Å²) in [5.74, 6) is 2.91. The number of rotatable bonds is 3. The molecule has 1 aromatic heterocycles. The molecule has 2 aromatic rings. The van der Waals surface area contributed by atoms with Gasteiger partial charge in [-0.15, -0.1) is 11.3 Å². The number of aliphatic carboxylic acids is 1. The minimum Gasteiger partial charge on any atom is -0.478 e. The molecule has 22 heavy (non-hydrogen) atoms. The molecular weight excluding hydrogens is 313 g/mol. The highest BCUT2D eigenvalue weighted by atomic mass is 32.1. The summed E-state index contributed by atoms with van der Waals surface area (Å²) in [7, 11) is 0. The molecule has 116 valence electrons. The first-order chi connectivity index (χ1) is 10.3. The Kier molecular flexibility index (Phi) is 6.17. The van der Waals surface area contributed by atoms with Gasteiger partial charge in [0.1, 0.15) is 10.8 Å². The summed E-state index contributed by atoms with van der Waals surface area (Å²) in [6.45, 7) is 3.43. The number of thiazole rings is 1. The number of hydrogen-bond acceptors (Lipinski definition) is 5. The fraction of sp³-hybridized carbons (Fsp3) is 0. The van der Waals surface area contributed by atoms with E-state index in [1.54, 1.807) is 17.5 Å². The molecule has 1 amide bonds. The second-order valence-electron chi connectivity index (χ2n) is 3.78. The van der Waals surface area contributed by atoms with E-state index in [9.17, 15) is 9.18 Å². The first kappa shape index (κ1) is 17.3. The Balaban J connectivity index is 0.000000422. The topological polar surface area (TPSA) is 126 Å². The highest BCUT2D eigenvalue weighted by Gasteiger charge is 2.12. The van der Waals surface area contributed by atoms with Crippen LogP contribution in [0.15, 0.2) is 36.2 Å². The van der Waals surface area contributed by atoms with Gasteiger partial charge in [-0.05, 0) is 24.3 Å². The number of nitrogens with two attached hydrogens (primary N) is 1. The zero-order chi connectivity index (χ0) is 16.7. The van der Waals surface area contributed by atoms with Crippen molar-refractivity contribution in [2.75, 3.05) is 0 Å². The first-order valence-corrected chi connectivity index (χ1v) is 6.56. The average molecular weight is 325 g/mol. The van der Waals surface area contributed by atoms with E-state index in [-0.39, 0.29) is 11.4 Å². The van der Waals surface area contributed by atoms with E-state index < -0.39 is 12.1 Å². The molecule has 0 bridgehead atoms. The number of aromatic nitrogens is 1. The SMILES string of the molecule is C=C(C(=O)O)c1nc(-c2ccc(F)cc2)cs1.NNC(=O)O. The van der Waals surface area contributed by atoms with Crippen molar-refractivity contribution in [2.24, 2.45) is 5.84 Å². The van der Waals surface area contributed by atoms with E-state index in [4.69, 9.17) is 15.0 Å². The van der Waals surface area contributed by atoms with Crippen LogP contribution in [0.5, 0.6) is 0 Å².